The average molecular weight is 216 g/mol. The first-order valence-corrected chi connectivity index (χ1v) is 4.62. The lowest BCUT2D eigenvalue weighted by Crippen LogP contribution is -2.50. The van der Waals surface area contributed by atoms with Crippen LogP contribution in [0.3, 0.4) is 0 Å². The Bertz CT molecular complexity index is 294. The zero-order valence-electron chi connectivity index (χ0n) is 7.97. The molecule has 0 radical (unpaired) electrons. The summed E-state index contributed by atoms with van der Waals surface area (Å²) in [5.74, 6) is -5.79. The van der Waals surface area contributed by atoms with Crippen LogP contribution in [0.4, 0.5) is 0 Å². The van der Waals surface area contributed by atoms with Crippen molar-refractivity contribution in [3.05, 3.63) is 0 Å². The number of hydrogen-bond acceptors (Lipinski definition) is 3. The highest BCUT2D eigenvalue weighted by molar-refractivity contribution is 6.02. The summed E-state index contributed by atoms with van der Waals surface area (Å²) in [6.07, 6.45) is 0.976. The first-order chi connectivity index (χ1) is 6.93. The maximum atomic E-state index is 11.0. The van der Waals surface area contributed by atoms with E-state index in [-0.39, 0.29) is 12.8 Å². The molecule has 84 valence electrons. The van der Waals surface area contributed by atoms with Gasteiger partial charge in [0.05, 0.1) is 5.92 Å². The maximum Gasteiger partial charge on any atom is 0.321 e. The average Bonchev–Trinajstić information content (AvgIpc) is 2.16. The molecule has 0 aromatic carbocycles. The van der Waals surface area contributed by atoms with E-state index in [1.807, 2.05) is 0 Å². The van der Waals surface area contributed by atoms with Crippen molar-refractivity contribution in [1.82, 2.24) is 0 Å². The zero-order valence-corrected chi connectivity index (χ0v) is 7.97. The molecule has 1 rings (SSSR count). The molecule has 1 fully saturated rings. The van der Waals surface area contributed by atoms with Gasteiger partial charge in [-0.25, -0.2) is 0 Å². The number of carboxylic acid groups (broad SMARTS) is 3. The highest BCUT2D eigenvalue weighted by Gasteiger charge is 2.56. The number of rotatable bonds is 3. The van der Waals surface area contributed by atoms with E-state index in [4.69, 9.17) is 15.3 Å². The molecule has 0 heterocycles. The highest BCUT2D eigenvalue weighted by atomic mass is 16.4. The summed E-state index contributed by atoms with van der Waals surface area (Å²) in [5, 5.41) is 26.7. The van der Waals surface area contributed by atoms with Crippen molar-refractivity contribution >= 4 is 17.9 Å². The molecule has 1 unspecified atom stereocenters. The quantitative estimate of drug-likeness (QED) is 0.589. The number of carboxylic acids is 3. The van der Waals surface area contributed by atoms with Crippen molar-refractivity contribution in [3.8, 4) is 0 Å². The fourth-order valence-electron chi connectivity index (χ4n) is 2.11. The van der Waals surface area contributed by atoms with Gasteiger partial charge in [0.15, 0.2) is 5.41 Å². The number of carbonyl (C=O) groups is 3. The topological polar surface area (TPSA) is 112 Å². The molecule has 0 saturated heterocycles. The van der Waals surface area contributed by atoms with Crippen LogP contribution in [-0.4, -0.2) is 33.2 Å². The van der Waals surface area contributed by atoms with E-state index in [1.165, 1.54) is 0 Å². The van der Waals surface area contributed by atoms with Crippen molar-refractivity contribution in [1.29, 1.82) is 0 Å². The second-order valence-corrected chi connectivity index (χ2v) is 3.72. The van der Waals surface area contributed by atoms with Gasteiger partial charge in [-0.05, 0) is 12.8 Å². The minimum atomic E-state index is -2.15. The van der Waals surface area contributed by atoms with Gasteiger partial charge >= 0.3 is 17.9 Å². The van der Waals surface area contributed by atoms with Crippen LogP contribution in [0, 0.1) is 11.3 Å². The minimum absolute atomic E-state index is 0.105. The second kappa shape index (κ2) is 3.88. The smallest absolute Gasteiger partial charge is 0.321 e. The molecule has 0 bridgehead atoms. The molecule has 3 N–H and O–H groups in total. The van der Waals surface area contributed by atoms with Crippen LogP contribution >= 0.6 is 0 Å². The molecule has 6 heteroatoms. The predicted octanol–water partition coefficient (Wildman–Crippen LogP) is 0.417. The summed E-state index contributed by atoms with van der Waals surface area (Å²) >= 11 is 0. The van der Waals surface area contributed by atoms with E-state index in [2.05, 4.69) is 0 Å². The molecule has 0 aromatic heterocycles. The molecular formula is C9H12O6. The minimum Gasteiger partial charge on any atom is -0.481 e. The van der Waals surface area contributed by atoms with Crippen molar-refractivity contribution < 1.29 is 29.7 Å². The van der Waals surface area contributed by atoms with Crippen LogP contribution in [0.5, 0.6) is 0 Å². The van der Waals surface area contributed by atoms with Crippen molar-refractivity contribution in [2.75, 3.05) is 0 Å². The lowest BCUT2D eigenvalue weighted by Gasteiger charge is -2.34. The first kappa shape index (κ1) is 11.5. The third kappa shape index (κ3) is 1.67. The molecule has 1 saturated carbocycles. The van der Waals surface area contributed by atoms with E-state index >= 15 is 0 Å². The summed E-state index contributed by atoms with van der Waals surface area (Å²) in [4.78, 5) is 32.8. The Morgan fingerprint density at radius 2 is 1.53 bits per heavy atom. The summed E-state index contributed by atoms with van der Waals surface area (Å²) < 4.78 is 0. The van der Waals surface area contributed by atoms with E-state index < -0.39 is 29.2 Å². The first-order valence-electron chi connectivity index (χ1n) is 4.62. The molecular weight excluding hydrogens is 204 g/mol. The van der Waals surface area contributed by atoms with E-state index in [0.29, 0.717) is 12.8 Å². The standard InChI is InChI=1S/C9H12O6/c10-6(11)5-3-1-2-4-9(5,7(12)13)8(14)15/h5H,1-4H2,(H,10,11)(H,12,13)(H,14,15). The monoisotopic (exact) mass is 216 g/mol. The fraction of sp³-hybridized carbons (Fsp3) is 0.667. The molecule has 1 aliphatic carbocycles. The van der Waals surface area contributed by atoms with Gasteiger partial charge in [-0.15, -0.1) is 0 Å². The normalized spacial score (nSPS) is 24.4. The van der Waals surface area contributed by atoms with E-state index in [9.17, 15) is 14.4 Å². The van der Waals surface area contributed by atoms with Gasteiger partial charge in [0.25, 0.3) is 0 Å². The Balaban J connectivity index is 3.16. The van der Waals surface area contributed by atoms with Gasteiger partial charge < -0.3 is 15.3 Å². The molecule has 0 aromatic rings. The highest BCUT2D eigenvalue weighted by Crippen LogP contribution is 2.42. The van der Waals surface area contributed by atoms with Gasteiger partial charge in [0.1, 0.15) is 0 Å². The van der Waals surface area contributed by atoms with Gasteiger partial charge in [0, 0.05) is 0 Å². The van der Waals surface area contributed by atoms with Crippen LogP contribution in [0.1, 0.15) is 25.7 Å². The van der Waals surface area contributed by atoms with Crippen LogP contribution < -0.4 is 0 Å². The predicted molar refractivity (Wildman–Crippen MR) is 47.3 cm³/mol. The largest absolute Gasteiger partial charge is 0.481 e. The van der Waals surface area contributed by atoms with Gasteiger partial charge in [-0.1, -0.05) is 12.8 Å². The van der Waals surface area contributed by atoms with Crippen LogP contribution in [0.25, 0.3) is 0 Å². The van der Waals surface area contributed by atoms with Crippen LogP contribution in [0.15, 0.2) is 0 Å². The lowest BCUT2D eigenvalue weighted by molar-refractivity contribution is -0.179. The Kier molecular flexibility index (Phi) is 2.97. The Morgan fingerprint density at radius 3 is 1.87 bits per heavy atom. The Morgan fingerprint density at radius 1 is 1.00 bits per heavy atom. The van der Waals surface area contributed by atoms with Gasteiger partial charge in [0.2, 0.25) is 0 Å². The van der Waals surface area contributed by atoms with Crippen LogP contribution in [0.2, 0.25) is 0 Å². The second-order valence-electron chi connectivity index (χ2n) is 3.72. The Labute approximate surface area is 85.5 Å². The summed E-state index contributed by atoms with van der Waals surface area (Å²) in [7, 11) is 0. The maximum absolute atomic E-state index is 11.0. The number of aliphatic carboxylic acids is 3. The van der Waals surface area contributed by atoms with Gasteiger partial charge in [-0.3, -0.25) is 14.4 Å². The van der Waals surface area contributed by atoms with E-state index in [0.717, 1.165) is 0 Å². The summed E-state index contributed by atoms with van der Waals surface area (Å²) in [6, 6.07) is 0. The molecule has 0 aliphatic heterocycles. The Hall–Kier alpha value is -1.59. The van der Waals surface area contributed by atoms with E-state index in [1.54, 1.807) is 0 Å². The zero-order chi connectivity index (χ0) is 11.6. The third-order valence-electron chi connectivity index (χ3n) is 2.97. The van der Waals surface area contributed by atoms with Gasteiger partial charge in [-0.2, -0.15) is 0 Å². The fourth-order valence-corrected chi connectivity index (χ4v) is 2.11. The summed E-state index contributed by atoms with van der Waals surface area (Å²) in [5.41, 5.74) is -2.15. The van der Waals surface area contributed by atoms with Crippen molar-refractivity contribution in [3.63, 3.8) is 0 Å². The molecule has 0 amide bonds. The molecule has 1 aliphatic rings. The van der Waals surface area contributed by atoms with Crippen molar-refractivity contribution in [2.24, 2.45) is 11.3 Å². The van der Waals surface area contributed by atoms with Crippen molar-refractivity contribution in [2.45, 2.75) is 25.7 Å². The molecule has 1 atom stereocenters. The molecule has 0 spiro atoms. The molecule has 6 nitrogen and oxygen atoms in total. The summed E-state index contributed by atoms with van der Waals surface area (Å²) in [6.45, 7) is 0. The lowest BCUT2D eigenvalue weighted by atomic mass is 9.66. The molecule has 15 heavy (non-hydrogen) atoms. The SMILES string of the molecule is O=C(O)C1CCCCC1(C(=O)O)C(=O)O. The third-order valence-corrected chi connectivity index (χ3v) is 2.97. The van der Waals surface area contributed by atoms with Crippen LogP contribution in [-0.2, 0) is 14.4 Å². The number of hydrogen-bond donors (Lipinski definition) is 3.